The minimum absolute atomic E-state index is 0.0240. The zero-order valence-corrected chi connectivity index (χ0v) is 21.5. The number of likely N-dealkylation sites (tertiary alicyclic amines) is 1. The molecule has 2 atom stereocenters. The molecule has 2 heterocycles. The summed E-state index contributed by atoms with van der Waals surface area (Å²) in [5.74, 6) is -0.332. The van der Waals surface area contributed by atoms with E-state index in [1.54, 1.807) is 17.0 Å². The number of amides is 3. The van der Waals surface area contributed by atoms with Gasteiger partial charge in [0.05, 0.1) is 6.04 Å². The van der Waals surface area contributed by atoms with Crippen molar-refractivity contribution in [1.82, 2.24) is 9.80 Å². The minimum Gasteiger partial charge on any atom is -0.490 e. The van der Waals surface area contributed by atoms with Gasteiger partial charge in [0.1, 0.15) is 18.5 Å². The molecule has 2 aliphatic rings. The summed E-state index contributed by atoms with van der Waals surface area (Å²) in [7, 11) is 0. The number of cyclic esters (lactones) is 1. The standard InChI is InChI=1S/C28H33ClN2O5/c1-19(2)25(27(33)31-22(18-35-28(31)34)16-20-6-4-3-5-7-20)17-26(32)30-14-12-24(13-15-30)36-23-10-8-21(29)9-11-23/h3-11,19,22,24-25H,12-18H2,1-2H3/t22-,25+/m1/s1. The molecule has 0 spiro atoms. The number of hydrogen-bond acceptors (Lipinski definition) is 5. The lowest BCUT2D eigenvalue weighted by Gasteiger charge is -2.34. The fourth-order valence-corrected chi connectivity index (χ4v) is 4.93. The van der Waals surface area contributed by atoms with Crippen molar-refractivity contribution in [3.63, 3.8) is 0 Å². The van der Waals surface area contributed by atoms with Gasteiger partial charge in [0.15, 0.2) is 0 Å². The molecule has 2 aromatic rings. The third kappa shape index (κ3) is 6.38. The van der Waals surface area contributed by atoms with Crippen LogP contribution in [-0.2, 0) is 20.7 Å². The second-order valence-corrected chi connectivity index (χ2v) is 10.3. The Labute approximate surface area is 217 Å². The number of imide groups is 1. The highest BCUT2D eigenvalue weighted by atomic mass is 35.5. The van der Waals surface area contributed by atoms with Crippen molar-refractivity contribution in [2.45, 2.75) is 51.7 Å². The molecule has 0 saturated carbocycles. The summed E-state index contributed by atoms with van der Waals surface area (Å²) < 4.78 is 11.3. The van der Waals surface area contributed by atoms with Crippen LogP contribution in [0.2, 0.25) is 5.02 Å². The number of hydrogen-bond donors (Lipinski definition) is 0. The van der Waals surface area contributed by atoms with Crippen molar-refractivity contribution in [2.24, 2.45) is 11.8 Å². The van der Waals surface area contributed by atoms with E-state index in [-0.39, 0.29) is 42.9 Å². The number of carbonyl (C=O) groups excluding carboxylic acids is 3. The first-order valence-electron chi connectivity index (χ1n) is 12.6. The van der Waals surface area contributed by atoms with Gasteiger partial charge in [-0.3, -0.25) is 9.59 Å². The smallest absolute Gasteiger partial charge is 0.416 e. The number of carbonyl (C=O) groups is 3. The number of nitrogens with zero attached hydrogens (tertiary/aromatic N) is 2. The van der Waals surface area contributed by atoms with Crippen LogP contribution in [0.25, 0.3) is 0 Å². The van der Waals surface area contributed by atoms with Crippen LogP contribution >= 0.6 is 11.6 Å². The van der Waals surface area contributed by atoms with E-state index in [2.05, 4.69) is 0 Å². The lowest BCUT2D eigenvalue weighted by molar-refractivity contribution is -0.142. The van der Waals surface area contributed by atoms with Crippen LogP contribution in [0, 0.1) is 11.8 Å². The Morgan fingerprint density at radius 1 is 1.06 bits per heavy atom. The third-order valence-electron chi connectivity index (χ3n) is 6.94. The van der Waals surface area contributed by atoms with Crippen molar-refractivity contribution in [1.29, 1.82) is 0 Å². The molecule has 2 aromatic carbocycles. The Kier molecular flexibility index (Phi) is 8.52. The molecule has 36 heavy (non-hydrogen) atoms. The molecule has 0 aliphatic carbocycles. The first kappa shape index (κ1) is 26.0. The molecule has 8 heteroatoms. The normalized spacial score (nSPS) is 19.3. The van der Waals surface area contributed by atoms with Crippen LogP contribution in [0.4, 0.5) is 4.79 Å². The summed E-state index contributed by atoms with van der Waals surface area (Å²) >= 11 is 5.94. The highest BCUT2D eigenvalue weighted by Crippen LogP contribution is 2.27. The van der Waals surface area contributed by atoms with Gasteiger partial charge in [-0.15, -0.1) is 0 Å². The van der Waals surface area contributed by atoms with Gasteiger partial charge in [-0.1, -0.05) is 55.8 Å². The second-order valence-electron chi connectivity index (χ2n) is 9.84. The Hall–Kier alpha value is -3.06. The Balaban J connectivity index is 1.34. The number of halogens is 1. The van der Waals surface area contributed by atoms with Gasteiger partial charge in [0.25, 0.3) is 0 Å². The van der Waals surface area contributed by atoms with Crippen molar-refractivity contribution < 1.29 is 23.9 Å². The highest BCUT2D eigenvalue weighted by Gasteiger charge is 2.42. The molecule has 7 nitrogen and oxygen atoms in total. The summed E-state index contributed by atoms with van der Waals surface area (Å²) in [4.78, 5) is 42.2. The molecule has 2 fully saturated rings. The monoisotopic (exact) mass is 512 g/mol. The second kappa shape index (κ2) is 11.8. The van der Waals surface area contributed by atoms with Gasteiger partial charge in [0.2, 0.25) is 11.8 Å². The fourth-order valence-electron chi connectivity index (χ4n) is 4.80. The van der Waals surface area contributed by atoms with E-state index >= 15 is 0 Å². The molecule has 3 amide bonds. The van der Waals surface area contributed by atoms with Crippen LogP contribution in [0.1, 0.15) is 38.7 Å². The Morgan fingerprint density at radius 2 is 1.72 bits per heavy atom. The summed E-state index contributed by atoms with van der Waals surface area (Å²) in [6.07, 6.45) is 1.42. The van der Waals surface area contributed by atoms with Gasteiger partial charge in [-0.2, -0.15) is 0 Å². The van der Waals surface area contributed by atoms with Crippen LogP contribution in [0.3, 0.4) is 0 Å². The molecular weight excluding hydrogens is 480 g/mol. The summed E-state index contributed by atoms with van der Waals surface area (Å²) in [6.45, 7) is 5.13. The zero-order chi connectivity index (χ0) is 25.7. The van der Waals surface area contributed by atoms with Gasteiger partial charge in [-0.25, -0.2) is 9.69 Å². The molecular formula is C28H33ClN2O5. The van der Waals surface area contributed by atoms with Crippen molar-refractivity contribution in [3.8, 4) is 5.75 Å². The predicted molar refractivity (Wildman–Crippen MR) is 137 cm³/mol. The summed E-state index contributed by atoms with van der Waals surface area (Å²) in [5, 5.41) is 0.658. The molecule has 2 aliphatic heterocycles. The number of ether oxygens (including phenoxy) is 2. The predicted octanol–water partition coefficient (Wildman–Crippen LogP) is 4.96. The topological polar surface area (TPSA) is 76.2 Å². The molecule has 4 rings (SSSR count). The van der Waals surface area contributed by atoms with Gasteiger partial charge < -0.3 is 14.4 Å². The maximum Gasteiger partial charge on any atom is 0.416 e. The Morgan fingerprint density at radius 3 is 2.36 bits per heavy atom. The molecule has 0 aromatic heterocycles. The molecule has 0 radical (unpaired) electrons. The lowest BCUT2D eigenvalue weighted by Crippen LogP contribution is -2.47. The number of rotatable bonds is 8. The van der Waals surface area contributed by atoms with E-state index in [4.69, 9.17) is 21.1 Å². The summed E-state index contributed by atoms with van der Waals surface area (Å²) in [5.41, 5.74) is 1.03. The SMILES string of the molecule is CC(C)[C@H](CC(=O)N1CCC(Oc2ccc(Cl)cc2)CC1)C(=O)N1C(=O)OC[C@H]1Cc1ccccc1. The van der Waals surface area contributed by atoms with Gasteiger partial charge in [0, 0.05) is 43.3 Å². The molecule has 2 saturated heterocycles. The van der Waals surface area contributed by atoms with E-state index in [0.29, 0.717) is 37.4 Å². The van der Waals surface area contributed by atoms with Crippen LogP contribution < -0.4 is 4.74 Å². The van der Waals surface area contributed by atoms with E-state index in [9.17, 15) is 14.4 Å². The van der Waals surface area contributed by atoms with E-state index in [0.717, 1.165) is 11.3 Å². The zero-order valence-electron chi connectivity index (χ0n) is 20.8. The van der Waals surface area contributed by atoms with Crippen LogP contribution in [0.5, 0.6) is 5.75 Å². The van der Waals surface area contributed by atoms with E-state index in [1.165, 1.54) is 4.90 Å². The van der Waals surface area contributed by atoms with Crippen LogP contribution in [0.15, 0.2) is 54.6 Å². The fraction of sp³-hybridized carbons (Fsp3) is 0.464. The van der Waals surface area contributed by atoms with Crippen molar-refractivity contribution in [3.05, 3.63) is 65.2 Å². The minimum atomic E-state index is -0.626. The third-order valence-corrected chi connectivity index (χ3v) is 7.19. The van der Waals surface area contributed by atoms with E-state index in [1.807, 2.05) is 56.3 Å². The maximum atomic E-state index is 13.5. The average molecular weight is 513 g/mol. The molecule has 192 valence electrons. The molecule has 0 N–H and O–H groups in total. The number of benzene rings is 2. The molecule has 0 bridgehead atoms. The largest absolute Gasteiger partial charge is 0.490 e. The summed E-state index contributed by atoms with van der Waals surface area (Å²) in [6, 6.07) is 16.6. The molecule has 0 unspecified atom stereocenters. The first-order chi connectivity index (χ1) is 17.3. The number of piperidine rings is 1. The average Bonchev–Trinajstić information content (AvgIpc) is 3.24. The van der Waals surface area contributed by atoms with Gasteiger partial charge >= 0.3 is 6.09 Å². The van der Waals surface area contributed by atoms with Crippen LogP contribution in [-0.4, -0.2) is 59.5 Å². The first-order valence-corrected chi connectivity index (χ1v) is 12.9. The Bertz CT molecular complexity index is 1050. The van der Waals surface area contributed by atoms with Gasteiger partial charge in [-0.05, 0) is 42.2 Å². The maximum absolute atomic E-state index is 13.5. The lowest BCUT2D eigenvalue weighted by atomic mass is 9.89. The highest BCUT2D eigenvalue weighted by molar-refractivity contribution is 6.30. The van der Waals surface area contributed by atoms with E-state index < -0.39 is 12.0 Å². The van der Waals surface area contributed by atoms with Crippen molar-refractivity contribution in [2.75, 3.05) is 19.7 Å². The quantitative estimate of drug-likeness (QED) is 0.499. The van der Waals surface area contributed by atoms with Crippen molar-refractivity contribution >= 4 is 29.5 Å².